The average molecular weight is 546 g/mol. The van der Waals surface area contributed by atoms with Gasteiger partial charge in [0.05, 0.1) is 4.90 Å². The number of rotatable bonds is 7. The number of allylic oxidation sites excluding steroid dienone is 6. The lowest BCUT2D eigenvalue weighted by molar-refractivity contribution is -0.117. The van der Waals surface area contributed by atoms with Crippen LogP contribution in [0, 0.1) is 0 Å². The maximum atomic E-state index is 15.1. The van der Waals surface area contributed by atoms with Crippen LogP contribution in [0.4, 0.5) is 18.9 Å². The van der Waals surface area contributed by atoms with E-state index in [4.69, 9.17) is 0 Å². The second-order valence-corrected chi connectivity index (χ2v) is 11.1. The Labute approximate surface area is 214 Å². The minimum Gasteiger partial charge on any atom is -0.324 e. The standard InChI is InChI=1S/C26H23F3N3O3PS/c1-37(34,35)21-14-11-18(12-15-21)24-23(17-6-5-7-19(27)13-10-17)25(26(28,29)36)32(31-24)16-22(33)30-20-8-3-2-4-9-20/h2-4,6-15H,5,16,36H2,1H3,(H,30,33). The summed E-state index contributed by atoms with van der Waals surface area (Å²) in [6.07, 6.45) is 6.65. The molecule has 0 saturated carbocycles. The van der Waals surface area contributed by atoms with Crippen molar-refractivity contribution in [1.29, 1.82) is 0 Å². The molecule has 1 amide bonds. The molecule has 0 radical (unpaired) electrons. The maximum absolute atomic E-state index is 15.1. The van der Waals surface area contributed by atoms with E-state index in [1.165, 1.54) is 51.7 Å². The minimum absolute atomic E-state index is 0.0129. The van der Waals surface area contributed by atoms with E-state index in [1.807, 2.05) is 0 Å². The number of para-hydroxylation sites is 1. The Bertz CT molecular complexity index is 1520. The Morgan fingerprint density at radius 3 is 2.38 bits per heavy atom. The second kappa shape index (κ2) is 10.5. The zero-order valence-corrected chi connectivity index (χ0v) is 21.6. The van der Waals surface area contributed by atoms with Crippen molar-refractivity contribution in [2.24, 2.45) is 0 Å². The summed E-state index contributed by atoms with van der Waals surface area (Å²) in [5.74, 6) is -1.09. The lowest BCUT2D eigenvalue weighted by atomic mass is 9.97. The molecule has 1 atom stereocenters. The number of amides is 1. The highest BCUT2D eigenvalue weighted by atomic mass is 32.2. The molecule has 2 aromatic carbocycles. The Morgan fingerprint density at radius 2 is 1.76 bits per heavy atom. The SMILES string of the molecule is CS(=O)(=O)c1ccc(-c2nn(CC(=O)Nc3ccccc3)c(C(F)(F)P)c2C2=CCC=C(F)C=C2)cc1. The fraction of sp³-hybridized carbons (Fsp3) is 0.154. The van der Waals surface area contributed by atoms with Crippen LogP contribution in [0.5, 0.6) is 0 Å². The van der Waals surface area contributed by atoms with Crippen molar-refractivity contribution < 1.29 is 26.4 Å². The summed E-state index contributed by atoms with van der Waals surface area (Å²) in [4.78, 5) is 12.8. The third-order valence-electron chi connectivity index (χ3n) is 5.54. The van der Waals surface area contributed by atoms with E-state index in [9.17, 15) is 17.6 Å². The molecule has 1 unspecified atom stereocenters. The Hall–Kier alpha value is -3.49. The maximum Gasteiger partial charge on any atom is 0.300 e. The van der Waals surface area contributed by atoms with Gasteiger partial charge in [-0.1, -0.05) is 51.7 Å². The van der Waals surface area contributed by atoms with E-state index < -0.39 is 39.5 Å². The molecule has 4 rings (SSSR count). The lowest BCUT2D eigenvalue weighted by Crippen LogP contribution is -2.23. The Morgan fingerprint density at radius 1 is 1.08 bits per heavy atom. The normalized spacial score (nSPS) is 14.1. The molecule has 1 N–H and O–H groups in total. The van der Waals surface area contributed by atoms with Gasteiger partial charge in [0.2, 0.25) is 5.91 Å². The summed E-state index contributed by atoms with van der Waals surface area (Å²) in [7, 11) is -2.02. The molecule has 0 spiro atoms. The summed E-state index contributed by atoms with van der Waals surface area (Å²) in [6.45, 7) is -0.522. The van der Waals surface area contributed by atoms with Gasteiger partial charge < -0.3 is 5.32 Å². The summed E-state index contributed by atoms with van der Waals surface area (Å²) >= 11 is 0. The molecule has 192 valence electrons. The van der Waals surface area contributed by atoms with Crippen LogP contribution in [-0.4, -0.2) is 30.4 Å². The minimum atomic E-state index is -3.51. The van der Waals surface area contributed by atoms with Gasteiger partial charge in [-0.25, -0.2) is 12.8 Å². The first-order valence-electron chi connectivity index (χ1n) is 11.1. The number of benzene rings is 2. The first-order valence-corrected chi connectivity index (χ1v) is 13.6. The number of hydrogen-bond donors (Lipinski definition) is 1. The fourth-order valence-electron chi connectivity index (χ4n) is 3.90. The highest BCUT2D eigenvalue weighted by molar-refractivity contribution is 7.90. The predicted octanol–water partition coefficient (Wildman–Crippen LogP) is 5.71. The van der Waals surface area contributed by atoms with Crippen LogP contribution in [0.2, 0.25) is 0 Å². The van der Waals surface area contributed by atoms with E-state index in [1.54, 1.807) is 36.4 Å². The number of aromatic nitrogens is 2. The number of sulfone groups is 1. The van der Waals surface area contributed by atoms with Crippen molar-refractivity contribution in [3.63, 3.8) is 0 Å². The van der Waals surface area contributed by atoms with E-state index in [-0.39, 0.29) is 28.1 Å². The third-order valence-corrected chi connectivity index (χ3v) is 6.94. The summed E-state index contributed by atoms with van der Waals surface area (Å²) < 4.78 is 68.8. The highest BCUT2D eigenvalue weighted by Gasteiger charge is 2.37. The number of hydrogen-bond acceptors (Lipinski definition) is 4. The molecule has 0 fully saturated rings. The number of anilines is 1. The Kier molecular flexibility index (Phi) is 7.52. The molecular formula is C26H23F3N3O3PS. The quantitative estimate of drug-likeness (QED) is 0.386. The molecule has 0 bridgehead atoms. The number of carbonyl (C=O) groups is 1. The van der Waals surface area contributed by atoms with Crippen LogP contribution in [0.15, 0.2) is 89.6 Å². The van der Waals surface area contributed by atoms with Gasteiger partial charge in [0.25, 0.3) is 0 Å². The zero-order chi connectivity index (χ0) is 26.8. The van der Waals surface area contributed by atoms with Crippen LogP contribution in [0.3, 0.4) is 0 Å². The zero-order valence-electron chi connectivity index (χ0n) is 19.7. The van der Waals surface area contributed by atoms with Crippen molar-refractivity contribution >= 4 is 36.2 Å². The van der Waals surface area contributed by atoms with Crippen LogP contribution in [0.1, 0.15) is 17.7 Å². The van der Waals surface area contributed by atoms with Crippen LogP contribution < -0.4 is 5.32 Å². The monoisotopic (exact) mass is 545 g/mol. The number of nitrogens with one attached hydrogen (secondary N) is 1. The van der Waals surface area contributed by atoms with Crippen LogP contribution >= 0.6 is 9.24 Å². The van der Waals surface area contributed by atoms with Crippen LogP contribution in [-0.2, 0) is 26.8 Å². The number of halogens is 3. The van der Waals surface area contributed by atoms with Gasteiger partial charge in [0.15, 0.2) is 9.84 Å². The molecule has 1 heterocycles. The van der Waals surface area contributed by atoms with Crippen molar-refractivity contribution in [3.8, 4) is 11.3 Å². The first kappa shape index (κ1) is 26.6. The number of nitrogens with zero attached hydrogens (tertiary/aromatic N) is 2. The van der Waals surface area contributed by atoms with E-state index in [0.717, 1.165) is 10.9 Å². The van der Waals surface area contributed by atoms with Gasteiger partial charge in [-0.3, -0.25) is 9.48 Å². The largest absolute Gasteiger partial charge is 0.324 e. The van der Waals surface area contributed by atoms with Crippen molar-refractivity contribution in [3.05, 3.63) is 96.0 Å². The fourth-order valence-corrected chi connectivity index (χ4v) is 4.82. The van der Waals surface area contributed by atoms with E-state index in [0.29, 0.717) is 11.3 Å². The highest BCUT2D eigenvalue weighted by Crippen LogP contribution is 2.44. The molecule has 0 aliphatic heterocycles. The molecule has 1 aromatic heterocycles. The summed E-state index contributed by atoms with van der Waals surface area (Å²) in [5, 5.41) is 7.03. The summed E-state index contributed by atoms with van der Waals surface area (Å²) in [6, 6.07) is 14.2. The molecule has 6 nitrogen and oxygen atoms in total. The lowest BCUT2D eigenvalue weighted by Gasteiger charge is -2.16. The van der Waals surface area contributed by atoms with Gasteiger partial charge in [-0.2, -0.15) is 13.9 Å². The molecule has 1 aliphatic carbocycles. The van der Waals surface area contributed by atoms with Gasteiger partial charge in [0, 0.05) is 23.1 Å². The molecular weight excluding hydrogens is 522 g/mol. The summed E-state index contributed by atoms with van der Waals surface area (Å²) in [5.41, 5.74) is -2.81. The smallest absolute Gasteiger partial charge is 0.300 e. The second-order valence-electron chi connectivity index (χ2n) is 8.38. The molecule has 1 aliphatic rings. The molecule has 3 aromatic rings. The van der Waals surface area contributed by atoms with Gasteiger partial charge in [-0.15, -0.1) is 0 Å². The predicted molar refractivity (Wildman–Crippen MR) is 140 cm³/mol. The van der Waals surface area contributed by atoms with E-state index >= 15 is 8.78 Å². The third kappa shape index (κ3) is 6.26. The molecule has 37 heavy (non-hydrogen) atoms. The average Bonchev–Trinajstić information content (AvgIpc) is 3.07. The van der Waals surface area contributed by atoms with Crippen molar-refractivity contribution in [1.82, 2.24) is 9.78 Å². The van der Waals surface area contributed by atoms with Crippen LogP contribution in [0.25, 0.3) is 16.8 Å². The number of carbonyl (C=O) groups excluding carboxylic acids is 1. The van der Waals surface area contributed by atoms with Gasteiger partial charge in [-0.05, 0) is 48.4 Å². The molecule has 11 heteroatoms. The number of alkyl halides is 2. The Balaban J connectivity index is 1.86. The topological polar surface area (TPSA) is 81.1 Å². The van der Waals surface area contributed by atoms with Gasteiger partial charge in [0.1, 0.15) is 23.8 Å². The van der Waals surface area contributed by atoms with Gasteiger partial charge >= 0.3 is 5.66 Å². The van der Waals surface area contributed by atoms with Crippen molar-refractivity contribution in [2.75, 3.05) is 11.6 Å². The van der Waals surface area contributed by atoms with E-state index in [2.05, 4.69) is 10.4 Å². The van der Waals surface area contributed by atoms with Crippen molar-refractivity contribution in [2.45, 2.75) is 23.5 Å². The first-order chi connectivity index (χ1) is 17.4. The molecule has 0 saturated heterocycles.